The molecule has 7 heteroatoms. The first kappa shape index (κ1) is 20.4. The number of methoxy groups -OCH3 is 1. The van der Waals surface area contributed by atoms with E-state index in [0.717, 1.165) is 4.90 Å². The molecule has 0 radical (unpaired) electrons. The number of anilines is 2. The Bertz CT molecular complexity index is 1010. The highest BCUT2D eigenvalue weighted by atomic mass is 32.2. The summed E-state index contributed by atoms with van der Waals surface area (Å²) in [5, 5.41) is 5.37. The molecule has 148 valence electrons. The van der Waals surface area contributed by atoms with E-state index >= 15 is 0 Å². The van der Waals surface area contributed by atoms with Gasteiger partial charge in [-0.2, -0.15) is 0 Å². The van der Waals surface area contributed by atoms with E-state index < -0.39 is 5.82 Å². The molecule has 2 amide bonds. The summed E-state index contributed by atoms with van der Waals surface area (Å²) in [6.07, 6.45) is 0. The molecule has 0 heterocycles. The SMILES string of the molecule is COc1ccc(C(=O)Nc2cccc(SCC(=O)Nc3ccccc3F)c2)cc1. The lowest BCUT2D eigenvalue weighted by molar-refractivity contribution is -0.113. The van der Waals surface area contributed by atoms with Gasteiger partial charge in [-0.3, -0.25) is 9.59 Å². The number of ether oxygens (including phenoxy) is 1. The maximum absolute atomic E-state index is 13.6. The zero-order valence-corrected chi connectivity index (χ0v) is 16.5. The topological polar surface area (TPSA) is 67.4 Å². The van der Waals surface area contributed by atoms with Gasteiger partial charge in [-0.05, 0) is 54.6 Å². The van der Waals surface area contributed by atoms with Gasteiger partial charge >= 0.3 is 0 Å². The first-order chi connectivity index (χ1) is 14.0. The van der Waals surface area contributed by atoms with Crippen molar-refractivity contribution in [2.45, 2.75) is 4.90 Å². The van der Waals surface area contributed by atoms with Crippen LogP contribution >= 0.6 is 11.8 Å². The number of para-hydroxylation sites is 1. The van der Waals surface area contributed by atoms with Crippen LogP contribution in [0.2, 0.25) is 0 Å². The van der Waals surface area contributed by atoms with Gasteiger partial charge < -0.3 is 15.4 Å². The molecule has 0 aliphatic carbocycles. The van der Waals surface area contributed by atoms with E-state index in [4.69, 9.17) is 4.74 Å². The highest BCUT2D eigenvalue weighted by molar-refractivity contribution is 8.00. The Hall–Kier alpha value is -3.32. The normalized spacial score (nSPS) is 10.3. The van der Waals surface area contributed by atoms with Crippen LogP contribution in [0.3, 0.4) is 0 Å². The summed E-state index contributed by atoms with van der Waals surface area (Å²) in [5.41, 5.74) is 1.28. The lowest BCUT2D eigenvalue weighted by atomic mass is 10.2. The molecule has 3 aromatic carbocycles. The highest BCUT2D eigenvalue weighted by Crippen LogP contribution is 2.23. The zero-order chi connectivity index (χ0) is 20.6. The zero-order valence-electron chi connectivity index (χ0n) is 15.6. The largest absolute Gasteiger partial charge is 0.497 e. The Morgan fingerprint density at radius 2 is 1.72 bits per heavy atom. The number of thioether (sulfide) groups is 1. The summed E-state index contributed by atoms with van der Waals surface area (Å²) in [5.74, 6) is -0.243. The van der Waals surface area contributed by atoms with Crippen molar-refractivity contribution < 1.29 is 18.7 Å². The van der Waals surface area contributed by atoms with Crippen LogP contribution in [0.15, 0.2) is 77.7 Å². The fourth-order valence-corrected chi connectivity index (χ4v) is 3.26. The number of hydrogen-bond acceptors (Lipinski definition) is 4. The van der Waals surface area contributed by atoms with Crippen molar-refractivity contribution in [1.82, 2.24) is 0 Å². The number of halogens is 1. The Labute approximate surface area is 172 Å². The molecule has 29 heavy (non-hydrogen) atoms. The maximum Gasteiger partial charge on any atom is 0.255 e. The van der Waals surface area contributed by atoms with Gasteiger partial charge in [-0.1, -0.05) is 18.2 Å². The van der Waals surface area contributed by atoms with E-state index in [1.165, 1.54) is 23.9 Å². The Balaban J connectivity index is 1.56. The van der Waals surface area contributed by atoms with E-state index in [1.54, 1.807) is 61.7 Å². The van der Waals surface area contributed by atoms with Crippen LogP contribution < -0.4 is 15.4 Å². The van der Waals surface area contributed by atoms with Crippen LogP contribution in [0.4, 0.5) is 15.8 Å². The molecule has 2 N–H and O–H groups in total. The summed E-state index contributed by atoms with van der Waals surface area (Å²) >= 11 is 1.29. The van der Waals surface area contributed by atoms with Crippen molar-refractivity contribution >= 4 is 35.0 Å². The molecule has 0 aromatic heterocycles. The van der Waals surface area contributed by atoms with Crippen molar-refractivity contribution in [3.8, 4) is 5.75 Å². The second kappa shape index (κ2) is 9.75. The molecule has 0 saturated heterocycles. The number of rotatable bonds is 7. The number of hydrogen-bond donors (Lipinski definition) is 2. The third kappa shape index (κ3) is 5.83. The lowest BCUT2D eigenvalue weighted by Gasteiger charge is -2.09. The second-order valence-electron chi connectivity index (χ2n) is 6.03. The van der Waals surface area contributed by atoms with Gasteiger partial charge in [0.2, 0.25) is 5.91 Å². The second-order valence-corrected chi connectivity index (χ2v) is 7.08. The fraction of sp³-hybridized carbons (Fsp3) is 0.0909. The van der Waals surface area contributed by atoms with E-state index in [1.807, 2.05) is 6.07 Å². The number of carbonyl (C=O) groups is 2. The van der Waals surface area contributed by atoms with Gasteiger partial charge in [-0.15, -0.1) is 11.8 Å². The molecule has 0 spiro atoms. The predicted octanol–water partition coefficient (Wildman–Crippen LogP) is 4.82. The average molecular weight is 410 g/mol. The van der Waals surface area contributed by atoms with Crippen LogP contribution in [0.5, 0.6) is 5.75 Å². The van der Waals surface area contributed by atoms with Gasteiger partial charge in [0.05, 0.1) is 18.6 Å². The summed E-state index contributed by atoms with van der Waals surface area (Å²) < 4.78 is 18.7. The molecule has 0 aliphatic heterocycles. The third-order valence-corrected chi connectivity index (χ3v) is 4.96. The minimum absolute atomic E-state index is 0.115. The first-order valence-corrected chi connectivity index (χ1v) is 9.76. The van der Waals surface area contributed by atoms with Crippen molar-refractivity contribution in [3.05, 3.63) is 84.2 Å². The van der Waals surface area contributed by atoms with Gasteiger partial charge in [0.1, 0.15) is 11.6 Å². The molecule has 0 unspecified atom stereocenters. The number of carbonyl (C=O) groups excluding carboxylic acids is 2. The van der Waals surface area contributed by atoms with E-state index in [-0.39, 0.29) is 23.3 Å². The molecule has 0 saturated carbocycles. The van der Waals surface area contributed by atoms with Crippen molar-refractivity contribution in [2.24, 2.45) is 0 Å². The standard InChI is InChI=1S/C22H19FN2O3S/c1-28-17-11-9-15(10-12-17)22(27)24-16-5-4-6-18(13-16)29-14-21(26)25-20-8-3-2-7-19(20)23/h2-13H,14H2,1H3,(H,24,27)(H,25,26). The minimum atomic E-state index is -0.478. The van der Waals surface area contributed by atoms with Crippen LogP contribution in [0.1, 0.15) is 10.4 Å². The summed E-state index contributed by atoms with van der Waals surface area (Å²) in [7, 11) is 1.56. The van der Waals surface area contributed by atoms with Gasteiger partial charge in [0, 0.05) is 16.1 Å². The molecule has 3 rings (SSSR count). The molecule has 3 aromatic rings. The summed E-state index contributed by atoms with van der Waals surface area (Å²) in [6, 6.07) is 20.0. The number of benzene rings is 3. The molecule has 0 aliphatic rings. The van der Waals surface area contributed by atoms with E-state index in [2.05, 4.69) is 10.6 Å². The minimum Gasteiger partial charge on any atom is -0.497 e. The van der Waals surface area contributed by atoms with Crippen molar-refractivity contribution in [1.29, 1.82) is 0 Å². The maximum atomic E-state index is 13.6. The van der Waals surface area contributed by atoms with E-state index in [0.29, 0.717) is 17.0 Å². The smallest absolute Gasteiger partial charge is 0.255 e. The molecule has 0 fully saturated rings. The molecule has 0 bridgehead atoms. The van der Waals surface area contributed by atoms with E-state index in [9.17, 15) is 14.0 Å². The van der Waals surface area contributed by atoms with Crippen LogP contribution in [-0.2, 0) is 4.79 Å². The first-order valence-electron chi connectivity index (χ1n) is 8.78. The summed E-state index contributed by atoms with van der Waals surface area (Å²) in [6.45, 7) is 0. The van der Waals surface area contributed by atoms with Crippen molar-refractivity contribution in [2.75, 3.05) is 23.5 Å². The number of nitrogens with one attached hydrogen (secondary N) is 2. The third-order valence-electron chi connectivity index (χ3n) is 3.96. The monoisotopic (exact) mass is 410 g/mol. The Morgan fingerprint density at radius 3 is 2.45 bits per heavy atom. The summed E-state index contributed by atoms with van der Waals surface area (Å²) in [4.78, 5) is 25.2. The van der Waals surface area contributed by atoms with Gasteiger partial charge in [0.25, 0.3) is 5.91 Å². The molecular formula is C22H19FN2O3S. The van der Waals surface area contributed by atoms with Crippen LogP contribution in [-0.4, -0.2) is 24.7 Å². The van der Waals surface area contributed by atoms with Crippen LogP contribution in [0, 0.1) is 5.82 Å². The molecule has 5 nitrogen and oxygen atoms in total. The van der Waals surface area contributed by atoms with Crippen LogP contribution in [0.25, 0.3) is 0 Å². The Kier molecular flexibility index (Phi) is 6.86. The number of amides is 2. The Morgan fingerprint density at radius 1 is 0.966 bits per heavy atom. The molecule has 0 atom stereocenters. The average Bonchev–Trinajstić information content (AvgIpc) is 2.74. The highest BCUT2D eigenvalue weighted by Gasteiger charge is 2.09. The van der Waals surface area contributed by atoms with Crippen molar-refractivity contribution in [3.63, 3.8) is 0 Å². The lowest BCUT2D eigenvalue weighted by Crippen LogP contribution is -2.15. The predicted molar refractivity (Wildman–Crippen MR) is 113 cm³/mol. The van der Waals surface area contributed by atoms with Gasteiger partial charge in [-0.25, -0.2) is 4.39 Å². The van der Waals surface area contributed by atoms with Gasteiger partial charge in [0.15, 0.2) is 0 Å². The quantitative estimate of drug-likeness (QED) is 0.548. The molecular weight excluding hydrogens is 391 g/mol. The fourth-order valence-electron chi connectivity index (χ4n) is 2.51.